The van der Waals surface area contributed by atoms with E-state index in [1.807, 2.05) is 0 Å². The molecule has 0 atom stereocenters. The van der Waals surface area contributed by atoms with Gasteiger partial charge in [0.25, 0.3) is 9.05 Å². The Morgan fingerprint density at radius 2 is 2.11 bits per heavy atom. The van der Waals surface area contributed by atoms with E-state index in [0.29, 0.717) is 11.4 Å². The third-order valence-corrected chi connectivity index (χ3v) is 5.49. The molecular weight excluding hydrogens is 294 g/mol. The van der Waals surface area contributed by atoms with Gasteiger partial charge in [-0.15, -0.1) is 11.3 Å². The zero-order valence-corrected chi connectivity index (χ0v) is 12.5. The van der Waals surface area contributed by atoms with Gasteiger partial charge in [0.2, 0.25) is 5.91 Å². The van der Waals surface area contributed by atoms with Crippen LogP contribution in [0.3, 0.4) is 0 Å². The fourth-order valence-electron chi connectivity index (χ4n) is 1.41. The lowest BCUT2D eigenvalue weighted by molar-refractivity contribution is -0.120. The summed E-state index contributed by atoms with van der Waals surface area (Å²) in [6.45, 7) is 2.76. The average molecular weight is 310 g/mol. The number of carbonyl (C=O) groups excluding carboxylic acids is 1. The molecule has 7 heteroatoms. The van der Waals surface area contributed by atoms with Crippen molar-refractivity contribution in [3.8, 4) is 0 Å². The van der Waals surface area contributed by atoms with Gasteiger partial charge in [0, 0.05) is 22.1 Å². The summed E-state index contributed by atoms with van der Waals surface area (Å²) in [5, 5.41) is 2.80. The monoisotopic (exact) mass is 309 g/mol. The van der Waals surface area contributed by atoms with Crippen molar-refractivity contribution in [2.24, 2.45) is 0 Å². The Kier molecular flexibility index (Phi) is 6.11. The predicted molar refractivity (Wildman–Crippen MR) is 73.6 cm³/mol. The standard InChI is InChI=1S/C11H16ClNO3S2/c1-2-3-4-7-13-10(14)8-9-5-6-11(17-9)18(12,15)16/h5-6H,2-4,7-8H2,1H3,(H,13,14). The zero-order valence-electron chi connectivity index (χ0n) is 10.1. The summed E-state index contributed by atoms with van der Waals surface area (Å²) in [5.74, 6) is -0.0912. The highest BCUT2D eigenvalue weighted by atomic mass is 35.7. The summed E-state index contributed by atoms with van der Waals surface area (Å²) in [5.41, 5.74) is 0. The van der Waals surface area contributed by atoms with Crippen LogP contribution in [0, 0.1) is 0 Å². The van der Waals surface area contributed by atoms with Crippen molar-refractivity contribution < 1.29 is 13.2 Å². The Morgan fingerprint density at radius 3 is 2.67 bits per heavy atom. The van der Waals surface area contributed by atoms with Crippen LogP contribution in [0.4, 0.5) is 0 Å². The van der Waals surface area contributed by atoms with Crippen LogP contribution in [0.1, 0.15) is 31.1 Å². The molecule has 18 heavy (non-hydrogen) atoms. The van der Waals surface area contributed by atoms with Crippen LogP contribution in [-0.4, -0.2) is 20.9 Å². The second kappa shape index (κ2) is 7.11. The van der Waals surface area contributed by atoms with Crippen molar-refractivity contribution in [1.82, 2.24) is 5.32 Å². The first-order chi connectivity index (χ1) is 8.43. The number of hydrogen-bond donors (Lipinski definition) is 1. The Labute approximate surface area is 116 Å². The first-order valence-electron chi connectivity index (χ1n) is 5.73. The molecule has 0 aliphatic heterocycles. The molecule has 0 unspecified atom stereocenters. The Balaban J connectivity index is 2.43. The van der Waals surface area contributed by atoms with Gasteiger partial charge in [0.1, 0.15) is 4.21 Å². The molecule has 0 saturated heterocycles. The summed E-state index contributed by atoms with van der Waals surface area (Å²) >= 11 is 1.03. The van der Waals surface area contributed by atoms with E-state index in [0.717, 1.165) is 30.6 Å². The highest BCUT2D eigenvalue weighted by molar-refractivity contribution is 8.15. The molecule has 1 aromatic heterocycles. The molecule has 102 valence electrons. The van der Waals surface area contributed by atoms with Crippen molar-refractivity contribution in [2.45, 2.75) is 36.8 Å². The maximum Gasteiger partial charge on any atom is 0.270 e. The van der Waals surface area contributed by atoms with E-state index < -0.39 is 9.05 Å². The smallest absolute Gasteiger partial charge is 0.270 e. The van der Waals surface area contributed by atoms with Gasteiger partial charge in [0.15, 0.2) is 0 Å². The zero-order chi connectivity index (χ0) is 13.6. The van der Waals surface area contributed by atoms with E-state index in [4.69, 9.17) is 10.7 Å². The SMILES string of the molecule is CCCCCNC(=O)Cc1ccc(S(=O)(=O)Cl)s1. The largest absolute Gasteiger partial charge is 0.356 e. The number of thiophene rings is 1. The molecule has 1 heterocycles. The number of nitrogens with one attached hydrogen (secondary N) is 1. The van der Waals surface area contributed by atoms with Crippen LogP contribution in [0.15, 0.2) is 16.3 Å². The van der Waals surface area contributed by atoms with Crippen LogP contribution in [0.2, 0.25) is 0 Å². The minimum absolute atomic E-state index is 0.0814. The molecule has 0 aliphatic rings. The third kappa shape index (κ3) is 5.37. The fourth-order valence-corrected chi connectivity index (χ4v) is 3.53. The maximum atomic E-state index is 11.5. The summed E-state index contributed by atoms with van der Waals surface area (Å²) in [4.78, 5) is 12.2. The van der Waals surface area contributed by atoms with Gasteiger partial charge in [-0.2, -0.15) is 0 Å². The van der Waals surface area contributed by atoms with Crippen molar-refractivity contribution in [2.75, 3.05) is 6.54 Å². The van der Waals surface area contributed by atoms with Crippen LogP contribution < -0.4 is 5.32 Å². The van der Waals surface area contributed by atoms with Crippen LogP contribution >= 0.6 is 22.0 Å². The molecular formula is C11H16ClNO3S2. The highest BCUT2D eigenvalue weighted by Crippen LogP contribution is 2.24. The first-order valence-corrected chi connectivity index (χ1v) is 8.86. The fraction of sp³-hybridized carbons (Fsp3) is 0.545. The van der Waals surface area contributed by atoms with Gasteiger partial charge < -0.3 is 5.32 Å². The lowest BCUT2D eigenvalue weighted by Crippen LogP contribution is -2.25. The lowest BCUT2D eigenvalue weighted by Gasteiger charge is -2.02. The van der Waals surface area contributed by atoms with Crippen LogP contribution in [0.5, 0.6) is 0 Å². The van der Waals surface area contributed by atoms with Gasteiger partial charge >= 0.3 is 0 Å². The number of hydrogen-bond acceptors (Lipinski definition) is 4. The van der Waals surface area contributed by atoms with E-state index >= 15 is 0 Å². The Hall–Kier alpha value is -0.590. The molecule has 0 aromatic carbocycles. The van der Waals surface area contributed by atoms with Gasteiger partial charge in [-0.25, -0.2) is 8.42 Å². The minimum Gasteiger partial charge on any atom is -0.356 e. The van der Waals surface area contributed by atoms with E-state index in [2.05, 4.69) is 12.2 Å². The summed E-state index contributed by atoms with van der Waals surface area (Å²) in [7, 11) is 1.53. The third-order valence-electron chi connectivity index (χ3n) is 2.31. The molecule has 1 rings (SSSR count). The molecule has 0 aliphatic carbocycles. The van der Waals surface area contributed by atoms with E-state index in [9.17, 15) is 13.2 Å². The number of halogens is 1. The molecule has 1 aromatic rings. The number of amides is 1. The molecule has 0 fully saturated rings. The van der Waals surface area contributed by atoms with Gasteiger partial charge in [-0.3, -0.25) is 4.79 Å². The van der Waals surface area contributed by atoms with E-state index in [-0.39, 0.29) is 16.5 Å². The molecule has 1 amide bonds. The summed E-state index contributed by atoms with van der Waals surface area (Å²) in [6, 6.07) is 3.04. The normalized spacial score (nSPS) is 11.4. The van der Waals surface area contributed by atoms with E-state index in [1.54, 1.807) is 6.07 Å². The van der Waals surface area contributed by atoms with Crippen LogP contribution in [0.25, 0.3) is 0 Å². The van der Waals surface area contributed by atoms with Crippen molar-refractivity contribution in [1.29, 1.82) is 0 Å². The predicted octanol–water partition coefficient (Wildman–Crippen LogP) is 2.52. The molecule has 0 bridgehead atoms. The van der Waals surface area contributed by atoms with Crippen molar-refractivity contribution >= 4 is 37.0 Å². The first kappa shape index (κ1) is 15.5. The van der Waals surface area contributed by atoms with Crippen molar-refractivity contribution in [3.05, 3.63) is 17.0 Å². The molecule has 0 spiro atoms. The number of unbranched alkanes of at least 4 members (excludes halogenated alkanes) is 2. The minimum atomic E-state index is -3.68. The Morgan fingerprint density at radius 1 is 1.39 bits per heavy atom. The summed E-state index contributed by atoms with van der Waals surface area (Å²) in [6.07, 6.45) is 3.36. The summed E-state index contributed by atoms with van der Waals surface area (Å²) < 4.78 is 22.2. The highest BCUT2D eigenvalue weighted by Gasteiger charge is 2.14. The topological polar surface area (TPSA) is 63.2 Å². The maximum absolute atomic E-state index is 11.5. The van der Waals surface area contributed by atoms with Gasteiger partial charge in [-0.05, 0) is 18.6 Å². The quantitative estimate of drug-likeness (QED) is 0.622. The number of carbonyl (C=O) groups is 1. The van der Waals surface area contributed by atoms with Gasteiger partial charge in [0.05, 0.1) is 6.42 Å². The average Bonchev–Trinajstić information content (AvgIpc) is 2.72. The van der Waals surface area contributed by atoms with E-state index in [1.165, 1.54) is 6.07 Å². The van der Waals surface area contributed by atoms with Gasteiger partial charge in [-0.1, -0.05) is 19.8 Å². The lowest BCUT2D eigenvalue weighted by atomic mass is 10.2. The van der Waals surface area contributed by atoms with Crippen LogP contribution in [-0.2, 0) is 20.3 Å². The Bertz CT molecular complexity index is 496. The van der Waals surface area contributed by atoms with Crippen molar-refractivity contribution in [3.63, 3.8) is 0 Å². The number of rotatable bonds is 7. The molecule has 0 saturated carbocycles. The second-order valence-electron chi connectivity index (χ2n) is 3.89. The molecule has 1 N–H and O–H groups in total. The molecule has 4 nitrogen and oxygen atoms in total. The second-order valence-corrected chi connectivity index (χ2v) is 7.85. The molecule has 0 radical (unpaired) electrons.